The van der Waals surface area contributed by atoms with Gasteiger partial charge in [-0.15, -0.1) is 0 Å². The third-order valence-corrected chi connectivity index (χ3v) is 21.2. The van der Waals surface area contributed by atoms with E-state index >= 15 is 0 Å². The van der Waals surface area contributed by atoms with E-state index in [-0.39, 0.29) is 65.6 Å². The number of benzene rings is 5. The Balaban J connectivity index is 0.000000208. The lowest BCUT2D eigenvalue weighted by molar-refractivity contribution is -0.142. The number of aliphatic hydroxyl groups excluding tert-OH is 1. The van der Waals surface area contributed by atoms with Gasteiger partial charge in [0, 0.05) is 184 Å². The number of aryl methyl sites for hydroxylation is 1. The second-order valence-electron chi connectivity index (χ2n) is 30.3. The number of carbonyl (C=O) groups is 5. The SMILES string of the molecule is CC(C)N1CCN(C(=O)C(CN(C)C)c2ccc(F)cc2)CC1.CC(C)N1CCN(C(=O)C(CN)c2ccc(F)cc2)CC1.CC(C)N1CCN(C(=O)C(N)c2cccc(Cl)c2)CC1.CC(C)N1CCN(C(=O)C(c2cccc(Cl)c2)N(C)C)CC1.Cc1cccc(C(O)C(=O)N2CCN(C(C)C)CC2)c1. The summed E-state index contributed by atoms with van der Waals surface area (Å²) in [6, 6.07) is 36.4. The predicted octanol–water partition coefficient (Wildman–Crippen LogP) is 9.41. The van der Waals surface area contributed by atoms with E-state index < -0.39 is 12.1 Å². The minimum Gasteiger partial charge on any atom is -0.378 e. The fourth-order valence-electron chi connectivity index (χ4n) is 13.9. The number of rotatable bonds is 19. The first kappa shape index (κ1) is 88.4. The Bertz CT molecular complexity index is 3390. The van der Waals surface area contributed by atoms with Crippen molar-refractivity contribution in [3.63, 3.8) is 0 Å². The van der Waals surface area contributed by atoms with E-state index in [0.717, 1.165) is 146 Å². The van der Waals surface area contributed by atoms with Crippen molar-refractivity contribution < 1.29 is 37.9 Å². The van der Waals surface area contributed by atoms with Gasteiger partial charge in [0.15, 0.2) is 6.10 Å². The number of likely N-dealkylation sites (N-methyl/N-ethyl adjacent to an activating group) is 2. The van der Waals surface area contributed by atoms with E-state index in [0.29, 0.717) is 65.5 Å². The van der Waals surface area contributed by atoms with Crippen LogP contribution in [-0.4, -0.2) is 296 Å². The lowest BCUT2D eigenvalue weighted by Crippen LogP contribution is -2.52. The molecule has 5 saturated heterocycles. The predicted molar refractivity (Wildman–Crippen MR) is 425 cm³/mol. The smallest absolute Gasteiger partial charge is 0.256 e. The molecule has 106 heavy (non-hydrogen) atoms. The fourth-order valence-corrected chi connectivity index (χ4v) is 14.3. The van der Waals surface area contributed by atoms with Crippen LogP contribution in [0.5, 0.6) is 0 Å². The summed E-state index contributed by atoms with van der Waals surface area (Å²) in [5.74, 6) is -1.03. The summed E-state index contributed by atoms with van der Waals surface area (Å²) in [5.41, 5.74) is 17.0. The molecule has 0 aliphatic carbocycles. The van der Waals surface area contributed by atoms with Gasteiger partial charge in [-0.25, -0.2) is 8.78 Å². The van der Waals surface area contributed by atoms with Crippen molar-refractivity contribution in [2.75, 3.05) is 172 Å². The van der Waals surface area contributed by atoms with Gasteiger partial charge in [-0.05, 0) is 181 Å². The molecule has 586 valence electrons. The number of amides is 5. The number of nitrogens with zero attached hydrogens (tertiary/aromatic N) is 12. The molecule has 20 nitrogen and oxygen atoms in total. The first-order valence-electron chi connectivity index (χ1n) is 38.0. The monoisotopic (exact) mass is 1510 g/mol. The topological polar surface area (TPSA) is 196 Å². The number of halogens is 4. The molecule has 0 radical (unpaired) electrons. The zero-order valence-electron chi connectivity index (χ0n) is 65.9. The van der Waals surface area contributed by atoms with Gasteiger partial charge in [0.1, 0.15) is 23.7 Å². The third-order valence-electron chi connectivity index (χ3n) is 20.7. The van der Waals surface area contributed by atoms with Gasteiger partial charge in [-0.3, -0.25) is 53.4 Å². The maximum absolute atomic E-state index is 13.2. The third kappa shape index (κ3) is 27.0. The molecule has 0 bridgehead atoms. The standard InChI is InChI=1S/C18H28FN3O.C17H26ClN3O.C16H24FN3O.C16H24N2O2.C15H22ClN3O/c1-14(2)21-9-11-22(12-10-21)18(23)17(13-20(3)4)15-5-7-16(19)8-6-15;1-13(2)20-8-10-21(11-9-20)17(22)16(19(3)4)14-6-5-7-15(18)12-14;1-12(2)19-7-9-20(10-8-19)16(21)15(11-18)13-3-5-14(17)6-4-13;1-12(2)17-7-9-18(10-8-17)16(20)15(19)14-6-4-5-13(3)11-14;1-11(2)18-6-8-19(9-7-18)15(20)14(17)12-4-3-5-13(16)10-12/h5-8,14,17H,9-13H2,1-4H3;5-7,12-13,16H,8-11H2,1-4H3;3-6,12,15H,7-11,18H2,1-2H3;4-6,11-12,15,19H,7-10H2,1-3H3;3-5,10-11,14H,6-9,17H2,1-2H3. The van der Waals surface area contributed by atoms with Crippen LogP contribution in [0.4, 0.5) is 8.78 Å². The Morgan fingerprint density at radius 1 is 0.406 bits per heavy atom. The van der Waals surface area contributed by atoms with Crippen LogP contribution in [0.25, 0.3) is 0 Å². The molecule has 5 aliphatic rings. The van der Waals surface area contributed by atoms with E-state index in [4.69, 9.17) is 34.7 Å². The molecule has 5 heterocycles. The van der Waals surface area contributed by atoms with Crippen LogP contribution >= 0.6 is 23.2 Å². The van der Waals surface area contributed by atoms with Crippen LogP contribution in [0.15, 0.2) is 121 Å². The summed E-state index contributed by atoms with van der Waals surface area (Å²) in [7, 11) is 7.79. The van der Waals surface area contributed by atoms with Gasteiger partial charge in [0.2, 0.25) is 23.6 Å². The molecule has 5 aliphatic heterocycles. The van der Waals surface area contributed by atoms with E-state index in [2.05, 4.69) is 93.7 Å². The number of carbonyl (C=O) groups excluding carboxylic acids is 5. The Morgan fingerprint density at radius 3 is 1.06 bits per heavy atom. The highest BCUT2D eigenvalue weighted by Gasteiger charge is 2.35. The molecule has 5 atom stereocenters. The number of hydrogen-bond donors (Lipinski definition) is 3. The van der Waals surface area contributed by atoms with Crippen molar-refractivity contribution in [3.05, 3.63) is 176 Å². The molecular formula is C82H124Cl2F2N14O6. The molecule has 5 unspecified atom stereocenters. The molecule has 5 amide bonds. The van der Waals surface area contributed by atoms with Gasteiger partial charge >= 0.3 is 0 Å². The van der Waals surface area contributed by atoms with E-state index in [1.165, 1.54) is 24.3 Å². The molecule has 5 fully saturated rings. The van der Waals surface area contributed by atoms with Crippen LogP contribution in [-0.2, 0) is 24.0 Å². The normalized spacial score (nSPS) is 18.1. The number of nitrogens with two attached hydrogens (primary N) is 2. The van der Waals surface area contributed by atoms with Crippen LogP contribution < -0.4 is 11.5 Å². The van der Waals surface area contributed by atoms with E-state index in [9.17, 15) is 37.9 Å². The highest BCUT2D eigenvalue weighted by molar-refractivity contribution is 6.31. The van der Waals surface area contributed by atoms with Crippen LogP contribution in [0.3, 0.4) is 0 Å². The maximum atomic E-state index is 13.2. The molecule has 10 rings (SSSR count). The molecular weight excluding hydrogens is 1390 g/mol. The molecule has 24 heteroatoms. The minimum atomic E-state index is -1.04. The van der Waals surface area contributed by atoms with Crippen LogP contribution in [0.1, 0.15) is 133 Å². The first-order valence-corrected chi connectivity index (χ1v) is 38.7. The van der Waals surface area contributed by atoms with Crippen LogP contribution in [0.2, 0.25) is 10.0 Å². The Kier molecular flexibility index (Phi) is 36.4. The second-order valence-corrected chi connectivity index (χ2v) is 31.1. The number of hydrogen-bond acceptors (Lipinski definition) is 15. The average molecular weight is 1510 g/mol. The van der Waals surface area contributed by atoms with Gasteiger partial charge in [-0.1, -0.05) is 102 Å². The highest BCUT2D eigenvalue weighted by Crippen LogP contribution is 2.28. The van der Waals surface area contributed by atoms with Crippen molar-refractivity contribution in [3.8, 4) is 0 Å². The van der Waals surface area contributed by atoms with Crippen molar-refractivity contribution in [2.24, 2.45) is 11.5 Å². The summed E-state index contributed by atoms with van der Waals surface area (Å²) < 4.78 is 26.2. The molecule has 0 aromatic heterocycles. The van der Waals surface area contributed by atoms with E-state index in [1.807, 2.05) is 119 Å². The largest absolute Gasteiger partial charge is 0.378 e. The maximum Gasteiger partial charge on any atom is 0.256 e. The van der Waals surface area contributed by atoms with Crippen molar-refractivity contribution in [1.82, 2.24) is 58.8 Å². The fraction of sp³-hybridized carbons (Fsp3) is 0.573. The summed E-state index contributed by atoms with van der Waals surface area (Å²) in [4.78, 5) is 88.6. The summed E-state index contributed by atoms with van der Waals surface area (Å²) >= 11 is 12.0. The van der Waals surface area contributed by atoms with Crippen molar-refractivity contribution in [1.29, 1.82) is 0 Å². The van der Waals surface area contributed by atoms with Crippen molar-refractivity contribution in [2.45, 2.75) is 136 Å². The quantitative estimate of drug-likeness (QED) is 0.0707. The Labute approximate surface area is 642 Å². The molecule has 5 aromatic carbocycles. The molecule has 5 N–H and O–H groups in total. The van der Waals surface area contributed by atoms with Crippen molar-refractivity contribution >= 4 is 52.7 Å². The highest BCUT2D eigenvalue weighted by atomic mass is 35.5. The Morgan fingerprint density at radius 2 is 0.717 bits per heavy atom. The molecule has 0 spiro atoms. The number of piperazine rings is 5. The van der Waals surface area contributed by atoms with Gasteiger partial charge in [-0.2, -0.15) is 0 Å². The van der Waals surface area contributed by atoms with Gasteiger partial charge in [0.25, 0.3) is 5.91 Å². The Hall–Kier alpha value is -6.51. The summed E-state index contributed by atoms with van der Waals surface area (Å²) in [6.45, 7) is 41.2. The van der Waals surface area contributed by atoms with Crippen LogP contribution in [0, 0.1) is 18.6 Å². The zero-order chi connectivity index (χ0) is 78.1. The van der Waals surface area contributed by atoms with Gasteiger partial charge < -0.3 is 46.0 Å². The first-order chi connectivity index (χ1) is 50.3. The summed E-state index contributed by atoms with van der Waals surface area (Å²) in [6.07, 6.45) is -1.04. The summed E-state index contributed by atoms with van der Waals surface area (Å²) in [5, 5.41) is 11.5. The minimum absolute atomic E-state index is 0.0179. The van der Waals surface area contributed by atoms with Gasteiger partial charge in [0.05, 0.1) is 11.8 Å². The molecule has 5 aromatic rings. The number of aliphatic hydroxyl groups is 1. The lowest BCUT2D eigenvalue weighted by Gasteiger charge is -2.39. The van der Waals surface area contributed by atoms with E-state index in [1.54, 1.807) is 47.4 Å². The average Bonchev–Trinajstić information content (AvgIpc) is 0.832. The zero-order valence-corrected chi connectivity index (χ0v) is 67.4. The second kappa shape index (κ2) is 43.6. The molecule has 0 saturated carbocycles. The lowest BCUT2D eigenvalue weighted by atomic mass is 9.96.